The maximum atomic E-state index is 6.42. The molecule has 0 fully saturated rings. The van der Waals surface area contributed by atoms with E-state index in [0.717, 1.165) is 38.5 Å². The lowest BCUT2D eigenvalue weighted by atomic mass is 9.84. The van der Waals surface area contributed by atoms with Crippen LogP contribution in [0, 0.1) is 0 Å². The van der Waals surface area contributed by atoms with Crippen LogP contribution in [0.5, 0.6) is 0 Å². The molecule has 0 spiro atoms. The second kappa shape index (κ2) is 8.57. The first-order valence-corrected chi connectivity index (χ1v) is 15.3. The molecule has 0 saturated carbocycles. The van der Waals surface area contributed by atoms with Crippen LogP contribution in [0.2, 0.25) is 0 Å². The minimum Gasteiger partial charge on any atom is -0.464 e. The van der Waals surface area contributed by atoms with Crippen LogP contribution >= 0.6 is 11.3 Å². The number of fused-ring (bicyclic) bond motifs is 10. The average molecular weight is 567 g/mol. The molecular weight excluding hydrogens is 545 g/mol. The van der Waals surface area contributed by atoms with E-state index < -0.39 is 0 Å². The lowest BCUT2D eigenvalue weighted by Gasteiger charge is -2.18. The highest BCUT2D eigenvalue weighted by atomic mass is 32.1. The molecule has 0 saturated heterocycles. The Balaban J connectivity index is 1.36. The SMILES string of the molecule is c1cc(-c2c3ccccc3c(-c3ccc4sc5ccccc5c4c3)c3ccccc23)c2c(c1)oc1ccc3ccoc3c12. The molecule has 200 valence electrons. The highest BCUT2D eigenvalue weighted by Gasteiger charge is 2.22. The van der Waals surface area contributed by atoms with Gasteiger partial charge in [0, 0.05) is 30.9 Å². The van der Waals surface area contributed by atoms with Gasteiger partial charge >= 0.3 is 0 Å². The van der Waals surface area contributed by atoms with E-state index in [2.05, 4.69) is 121 Å². The molecule has 0 bridgehead atoms. The minimum absolute atomic E-state index is 0.839. The Morgan fingerprint density at radius 2 is 1.14 bits per heavy atom. The fourth-order valence-corrected chi connectivity index (χ4v) is 8.23. The van der Waals surface area contributed by atoms with Crippen LogP contribution in [0.1, 0.15) is 0 Å². The van der Waals surface area contributed by atoms with Gasteiger partial charge in [-0.25, -0.2) is 0 Å². The van der Waals surface area contributed by atoms with E-state index >= 15 is 0 Å². The third-order valence-electron chi connectivity index (χ3n) is 8.95. The van der Waals surface area contributed by atoms with Crippen molar-refractivity contribution in [2.24, 2.45) is 0 Å². The van der Waals surface area contributed by atoms with Crippen LogP contribution in [0.15, 0.2) is 142 Å². The zero-order valence-corrected chi connectivity index (χ0v) is 23.7. The molecule has 3 aromatic heterocycles. The first-order chi connectivity index (χ1) is 21.3. The molecule has 2 nitrogen and oxygen atoms in total. The fraction of sp³-hybridized carbons (Fsp3) is 0. The maximum absolute atomic E-state index is 6.42. The summed E-state index contributed by atoms with van der Waals surface area (Å²) in [5.74, 6) is 0. The van der Waals surface area contributed by atoms with Gasteiger partial charge in [-0.15, -0.1) is 11.3 Å². The van der Waals surface area contributed by atoms with Crippen molar-refractivity contribution in [3.63, 3.8) is 0 Å². The Kier molecular flexibility index (Phi) is 4.63. The summed E-state index contributed by atoms with van der Waals surface area (Å²) in [5.41, 5.74) is 7.44. The fourth-order valence-electron chi connectivity index (χ4n) is 7.15. The van der Waals surface area contributed by atoms with Gasteiger partial charge in [0.25, 0.3) is 0 Å². The number of furan rings is 2. The number of rotatable bonds is 2. The molecule has 0 radical (unpaired) electrons. The Bertz CT molecular complexity index is 2680. The van der Waals surface area contributed by atoms with E-state index in [-0.39, 0.29) is 0 Å². The van der Waals surface area contributed by atoms with Gasteiger partial charge in [-0.1, -0.05) is 84.9 Å². The molecule has 43 heavy (non-hydrogen) atoms. The summed E-state index contributed by atoms with van der Waals surface area (Å²) in [6.07, 6.45) is 1.76. The topological polar surface area (TPSA) is 26.3 Å². The van der Waals surface area contributed by atoms with Crippen molar-refractivity contribution in [1.82, 2.24) is 0 Å². The zero-order valence-electron chi connectivity index (χ0n) is 22.9. The van der Waals surface area contributed by atoms with Crippen molar-refractivity contribution >= 4 is 86.0 Å². The molecule has 0 atom stereocenters. The Hall–Kier alpha value is -5.38. The summed E-state index contributed by atoms with van der Waals surface area (Å²) in [5, 5.41) is 10.7. The third-order valence-corrected chi connectivity index (χ3v) is 10.1. The Morgan fingerprint density at radius 3 is 1.93 bits per heavy atom. The predicted molar refractivity (Wildman–Crippen MR) is 182 cm³/mol. The minimum atomic E-state index is 0.839. The monoisotopic (exact) mass is 566 g/mol. The van der Waals surface area contributed by atoms with Crippen molar-refractivity contribution in [2.75, 3.05) is 0 Å². The van der Waals surface area contributed by atoms with Crippen molar-refractivity contribution < 1.29 is 8.83 Å². The molecule has 0 N–H and O–H groups in total. The number of hydrogen-bond donors (Lipinski definition) is 0. The molecule has 0 unspecified atom stereocenters. The smallest absolute Gasteiger partial charge is 0.145 e. The highest BCUT2D eigenvalue weighted by molar-refractivity contribution is 7.25. The van der Waals surface area contributed by atoms with Gasteiger partial charge in [0.1, 0.15) is 16.7 Å². The molecule has 3 heteroatoms. The standard InChI is InChI=1S/C40H22O2S/c1-3-11-28-26(9-1)36(24-17-19-35-31(22-24)25-8-5-6-15-34(25)43-35)27-10-2-4-12-29(27)37(28)30-13-7-14-32-38(30)39-33(42-32)18-16-23-20-21-41-40(23)39/h1-22H. The summed E-state index contributed by atoms with van der Waals surface area (Å²) in [6, 6.07) is 45.9. The maximum Gasteiger partial charge on any atom is 0.145 e. The van der Waals surface area contributed by atoms with Gasteiger partial charge in [-0.05, 0) is 86.3 Å². The van der Waals surface area contributed by atoms with Crippen LogP contribution in [0.3, 0.4) is 0 Å². The summed E-state index contributed by atoms with van der Waals surface area (Å²) in [4.78, 5) is 0. The average Bonchev–Trinajstić information content (AvgIpc) is 3.78. The molecule has 0 aliphatic carbocycles. The van der Waals surface area contributed by atoms with Crippen LogP contribution in [-0.2, 0) is 0 Å². The van der Waals surface area contributed by atoms with Crippen LogP contribution < -0.4 is 0 Å². The molecule has 10 aromatic rings. The summed E-state index contributed by atoms with van der Waals surface area (Å²) >= 11 is 1.86. The molecule has 0 amide bonds. The van der Waals surface area contributed by atoms with Crippen LogP contribution in [0.4, 0.5) is 0 Å². The van der Waals surface area contributed by atoms with E-state index in [1.54, 1.807) is 6.26 Å². The van der Waals surface area contributed by atoms with Crippen molar-refractivity contribution in [1.29, 1.82) is 0 Å². The van der Waals surface area contributed by atoms with E-state index in [1.807, 2.05) is 17.4 Å². The third kappa shape index (κ3) is 3.17. The van der Waals surface area contributed by atoms with Crippen LogP contribution in [-0.4, -0.2) is 0 Å². The van der Waals surface area contributed by atoms with Crippen LogP contribution in [0.25, 0.3) is 96.9 Å². The molecule has 0 aliphatic rings. The predicted octanol–water partition coefficient (Wildman–Crippen LogP) is 12.3. The van der Waals surface area contributed by atoms with Crippen molar-refractivity contribution in [3.05, 3.63) is 134 Å². The summed E-state index contributed by atoms with van der Waals surface area (Å²) in [7, 11) is 0. The zero-order chi connectivity index (χ0) is 28.1. The molecule has 10 rings (SSSR count). The quantitative estimate of drug-likeness (QED) is 0.195. The highest BCUT2D eigenvalue weighted by Crippen LogP contribution is 2.48. The van der Waals surface area contributed by atoms with E-state index in [0.29, 0.717) is 0 Å². The molecule has 0 aliphatic heterocycles. The van der Waals surface area contributed by atoms with Gasteiger partial charge in [0.2, 0.25) is 0 Å². The van der Waals surface area contributed by atoms with E-state index in [1.165, 1.54) is 58.4 Å². The van der Waals surface area contributed by atoms with Gasteiger partial charge < -0.3 is 8.83 Å². The van der Waals surface area contributed by atoms with Gasteiger partial charge in [0.05, 0.1) is 11.6 Å². The van der Waals surface area contributed by atoms with Gasteiger partial charge in [-0.3, -0.25) is 0 Å². The lowest BCUT2D eigenvalue weighted by Crippen LogP contribution is -1.91. The second-order valence-corrected chi connectivity index (χ2v) is 12.3. The number of benzene rings is 7. The molecular formula is C40H22O2S. The Morgan fingerprint density at radius 1 is 0.465 bits per heavy atom. The van der Waals surface area contributed by atoms with E-state index in [9.17, 15) is 0 Å². The molecule has 3 heterocycles. The largest absolute Gasteiger partial charge is 0.464 e. The van der Waals surface area contributed by atoms with Gasteiger partial charge in [0.15, 0.2) is 0 Å². The van der Waals surface area contributed by atoms with Gasteiger partial charge in [-0.2, -0.15) is 0 Å². The second-order valence-electron chi connectivity index (χ2n) is 11.2. The summed E-state index contributed by atoms with van der Waals surface area (Å²) in [6.45, 7) is 0. The number of hydrogen-bond acceptors (Lipinski definition) is 3. The lowest BCUT2D eigenvalue weighted by molar-refractivity contribution is 0.618. The van der Waals surface area contributed by atoms with E-state index in [4.69, 9.17) is 8.83 Å². The number of thiophene rings is 1. The first kappa shape index (κ1) is 23.2. The first-order valence-electron chi connectivity index (χ1n) is 14.5. The van der Waals surface area contributed by atoms with Crippen molar-refractivity contribution in [3.8, 4) is 22.3 Å². The normalized spacial score (nSPS) is 12.2. The summed E-state index contributed by atoms with van der Waals surface area (Å²) < 4.78 is 15.1. The van der Waals surface area contributed by atoms with Crippen molar-refractivity contribution in [2.45, 2.75) is 0 Å². The molecule has 7 aromatic carbocycles. The Labute approximate surface area is 250 Å².